The van der Waals surface area contributed by atoms with Gasteiger partial charge in [-0.3, -0.25) is 4.79 Å². The SMILES string of the molecule is COc1ccccc1OCC(=O)OC(C)C(=O)Nc1ccc(Oc2ccccc2)cc1. The zero-order chi connectivity index (χ0) is 22.1. The smallest absolute Gasteiger partial charge is 0.344 e. The molecule has 0 aliphatic heterocycles. The second-order valence-electron chi connectivity index (χ2n) is 6.50. The lowest BCUT2D eigenvalue weighted by atomic mass is 10.2. The van der Waals surface area contributed by atoms with E-state index in [9.17, 15) is 9.59 Å². The molecule has 0 aliphatic rings. The predicted molar refractivity (Wildman–Crippen MR) is 116 cm³/mol. The Morgan fingerprint density at radius 2 is 1.45 bits per heavy atom. The number of nitrogens with one attached hydrogen (secondary N) is 1. The fourth-order valence-electron chi connectivity index (χ4n) is 2.63. The Kier molecular flexibility index (Phi) is 7.48. The molecule has 1 unspecified atom stereocenters. The highest BCUT2D eigenvalue weighted by Crippen LogP contribution is 2.26. The van der Waals surface area contributed by atoms with Gasteiger partial charge in [0.25, 0.3) is 5.91 Å². The molecule has 1 atom stereocenters. The van der Waals surface area contributed by atoms with Crippen molar-refractivity contribution in [1.29, 1.82) is 0 Å². The maximum absolute atomic E-state index is 12.3. The van der Waals surface area contributed by atoms with Crippen LogP contribution in [-0.2, 0) is 14.3 Å². The Bertz CT molecular complexity index is 1000. The van der Waals surface area contributed by atoms with Crippen molar-refractivity contribution in [3.63, 3.8) is 0 Å². The van der Waals surface area contributed by atoms with Gasteiger partial charge in [0.1, 0.15) is 11.5 Å². The Hall–Kier alpha value is -4.00. The molecule has 0 radical (unpaired) electrons. The van der Waals surface area contributed by atoms with E-state index in [1.807, 2.05) is 30.3 Å². The Labute approximate surface area is 180 Å². The normalized spacial score (nSPS) is 11.2. The van der Waals surface area contributed by atoms with Gasteiger partial charge in [-0.25, -0.2) is 4.79 Å². The highest BCUT2D eigenvalue weighted by molar-refractivity contribution is 5.95. The van der Waals surface area contributed by atoms with Crippen LogP contribution in [0.1, 0.15) is 6.92 Å². The molecule has 7 nitrogen and oxygen atoms in total. The average molecular weight is 421 g/mol. The van der Waals surface area contributed by atoms with Gasteiger partial charge in [-0.1, -0.05) is 30.3 Å². The summed E-state index contributed by atoms with van der Waals surface area (Å²) in [7, 11) is 1.51. The summed E-state index contributed by atoms with van der Waals surface area (Å²) in [6.45, 7) is 1.15. The van der Waals surface area contributed by atoms with E-state index in [4.69, 9.17) is 18.9 Å². The van der Waals surface area contributed by atoms with Crippen molar-refractivity contribution in [2.24, 2.45) is 0 Å². The molecule has 0 bridgehead atoms. The molecule has 0 aliphatic carbocycles. The lowest BCUT2D eigenvalue weighted by molar-refractivity contribution is -0.155. The van der Waals surface area contributed by atoms with Gasteiger partial charge in [-0.15, -0.1) is 0 Å². The number of carbonyl (C=O) groups excluding carboxylic acids is 2. The summed E-state index contributed by atoms with van der Waals surface area (Å²) in [5, 5.41) is 2.70. The third kappa shape index (κ3) is 6.50. The van der Waals surface area contributed by atoms with E-state index in [1.165, 1.54) is 14.0 Å². The van der Waals surface area contributed by atoms with Crippen LogP contribution in [-0.4, -0.2) is 31.7 Å². The van der Waals surface area contributed by atoms with Gasteiger partial charge in [0.15, 0.2) is 24.2 Å². The summed E-state index contributed by atoms with van der Waals surface area (Å²) in [5.41, 5.74) is 0.554. The first-order chi connectivity index (χ1) is 15.0. The molecule has 0 heterocycles. The van der Waals surface area contributed by atoms with Crippen LogP contribution in [0.5, 0.6) is 23.0 Å². The molecule has 3 aromatic carbocycles. The molecular formula is C24H23NO6. The number of para-hydroxylation sites is 3. The summed E-state index contributed by atoms with van der Waals surface area (Å²) >= 11 is 0. The van der Waals surface area contributed by atoms with Crippen molar-refractivity contribution < 1.29 is 28.5 Å². The summed E-state index contributed by atoms with van der Waals surface area (Å²) in [6, 6.07) is 23.2. The maximum atomic E-state index is 12.3. The van der Waals surface area contributed by atoms with Gasteiger partial charge >= 0.3 is 5.97 Å². The topological polar surface area (TPSA) is 83.1 Å². The molecule has 0 saturated carbocycles. The van der Waals surface area contributed by atoms with E-state index in [1.54, 1.807) is 48.5 Å². The minimum atomic E-state index is -0.992. The quantitative estimate of drug-likeness (QED) is 0.515. The molecule has 1 N–H and O–H groups in total. The van der Waals surface area contributed by atoms with E-state index < -0.39 is 18.0 Å². The van der Waals surface area contributed by atoms with Gasteiger partial charge in [0.05, 0.1) is 7.11 Å². The van der Waals surface area contributed by atoms with Crippen molar-refractivity contribution in [3.8, 4) is 23.0 Å². The largest absolute Gasteiger partial charge is 0.493 e. The molecule has 0 aromatic heterocycles. The number of benzene rings is 3. The Morgan fingerprint density at radius 1 is 0.839 bits per heavy atom. The number of esters is 1. The highest BCUT2D eigenvalue weighted by Gasteiger charge is 2.19. The summed E-state index contributed by atoms with van der Waals surface area (Å²) in [6.07, 6.45) is -0.992. The molecule has 0 spiro atoms. The van der Waals surface area contributed by atoms with Crippen molar-refractivity contribution in [1.82, 2.24) is 0 Å². The van der Waals surface area contributed by atoms with Gasteiger partial charge in [0.2, 0.25) is 0 Å². The molecule has 1 amide bonds. The number of methoxy groups -OCH3 is 1. The van der Waals surface area contributed by atoms with Crippen LogP contribution in [0, 0.1) is 0 Å². The van der Waals surface area contributed by atoms with Crippen LogP contribution >= 0.6 is 0 Å². The van der Waals surface area contributed by atoms with Gasteiger partial charge in [-0.2, -0.15) is 0 Å². The maximum Gasteiger partial charge on any atom is 0.344 e. The molecule has 0 saturated heterocycles. The van der Waals surface area contributed by atoms with Crippen LogP contribution in [0.4, 0.5) is 5.69 Å². The molecule has 31 heavy (non-hydrogen) atoms. The highest BCUT2D eigenvalue weighted by atomic mass is 16.6. The van der Waals surface area contributed by atoms with Crippen LogP contribution in [0.2, 0.25) is 0 Å². The van der Waals surface area contributed by atoms with Gasteiger partial charge < -0.3 is 24.3 Å². The molecule has 3 rings (SSSR count). The fraction of sp³-hybridized carbons (Fsp3) is 0.167. The lowest BCUT2D eigenvalue weighted by Gasteiger charge is -2.15. The van der Waals surface area contributed by atoms with Crippen LogP contribution in [0.3, 0.4) is 0 Å². The lowest BCUT2D eigenvalue weighted by Crippen LogP contribution is -2.31. The number of amides is 1. The van der Waals surface area contributed by atoms with E-state index in [2.05, 4.69) is 5.32 Å². The molecule has 7 heteroatoms. The summed E-state index contributed by atoms with van der Waals surface area (Å²) < 4.78 is 21.4. The molecule has 160 valence electrons. The first kappa shape index (κ1) is 21.7. The van der Waals surface area contributed by atoms with Crippen molar-refractivity contribution in [2.45, 2.75) is 13.0 Å². The Morgan fingerprint density at radius 3 is 2.13 bits per heavy atom. The summed E-state index contributed by atoms with van der Waals surface area (Å²) in [4.78, 5) is 24.3. The number of hydrogen-bond donors (Lipinski definition) is 1. The number of carbonyl (C=O) groups is 2. The summed E-state index contributed by atoms with van der Waals surface area (Å²) in [5.74, 6) is 1.15. The Balaban J connectivity index is 1.46. The van der Waals surface area contributed by atoms with Crippen LogP contribution < -0.4 is 19.5 Å². The molecular weight excluding hydrogens is 398 g/mol. The molecule has 3 aromatic rings. The predicted octanol–water partition coefficient (Wildman–Crippen LogP) is 4.44. The first-order valence-electron chi connectivity index (χ1n) is 9.64. The van der Waals surface area contributed by atoms with Crippen molar-refractivity contribution in [3.05, 3.63) is 78.9 Å². The zero-order valence-corrected chi connectivity index (χ0v) is 17.2. The number of ether oxygens (including phenoxy) is 4. The van der Waals surface area contributed by atoms with Crippen LogP contribution in [0.25, 0.3) is 0 Å². The third-order valence-corrected chi connectivity index (χ3v) is 4.19. The fourth-order valence-corrected chi connectivity index (χ4v) is 2.63. The number of hydrogen-bond acceptors (Lipinski definition) is 6. The second-order valence-corrected chi connectivity index (χ2v) is 6.50. The first-order valence-corrected chi connectivity index (χ1v) is 9.64. The monoisotopic (exact) mass is 421 g/mol. The minimum absolute atomic E-state index is 0.344. The zero-order valence-electron chi connectivity index (χ0n) is 17.2. The average Bonchev–Trinajstić information content (AvgIpc) is 2.79. The third-order valence-electron chi connectivity index (χ3n) is 4.19. The van der Waals surface area contributed by atoms with Gasteiger partial charge in [-0.05, 0) is 55.5 Å². The standard InChI is InChI=1S/C24H23NO6/c1-17(30-23(26)16-29-22-11-7-6-10-21(22)28-2)24(27)25-18-12-14-20(15-13-18)31-19-8-4-3-5-9-19/h3-15,17H,16H2,1-2H3,(H,25,27). The van der Waals surface area contributed by atoms with Gasteiger partial charge in [0, 0.05) is 5.69 Å². The number of rotatable bonds is 9. The van der Waals surface area contributed by atoms with E-state index in [-0.39, 0.29) is 6.61 Å². The second kappa shape index (κ2) is 10.7. The van der Waals surface area contributed by atoms with E-state index in [0.29, 0.717) is 22.9 Å². The minimum Gasteiger partial charge on any atom is -0.493 e. The van der Waals surface area contributed by atoms with Crippen LogP contribution in [0.15, 0.2) is 78.9 Å². The van der Waals surface area contributed by atoms with E-state index in [0.717, 1.165) is 5.75 Å². The van der Waals surface area contributed by atoms with E-state index >= 15 is 0 Å². The number of anilines is 1. The van der Waals surface area contributed by atoms with Crippen molar-refractivity contribution in [2.75, 3.05) is 19.0 Å². The molecule has 0 fully saturated rings. The van der Waals surface area contributed by atoms with Crippen molar-refractivity contribution >= 4 is 17.6 Å².